The van der Waals surface area contributed by atoms with E-state index in [0.29, 0.717) is 0 Å². The lowest BCUT2D eigenvalue weighted by Crippen LogP contribution is -1.96. The van der Waals surface area contributed by atoms with Gasteiger partial charge in [0.15, 0.2) is 0 Å². The summed E-state index contributed by atoms with van der Waals surface area (Å²) in [5.74, 6) is 0.617. The molecule has 0 aliphatic heterocycles. The highest BCUT2D eigenvalue weighted by Gasteiger charge is 1.96. The predicted octanol–water partition coefficient (Wildman–Crippen LogP) is 3.05. The second-order valence-electron chi connectivity index (χ2n) is 3.60. The van der Waals surface area contributed by atoms with Gasteiger partial charge in [0.25, 0.3) is 0 Å². The van der Waals surface area contributed by atoms with E-state index in [2.05, 4.69) is 11.7 Å². The Balaban J connectivity index is 2.55. The highest BCUT2D eigenvalue weighted by Crippen LogP contribution is 2.14. The maximum Gasteiger partial charge on any atom is 0.309 e. The van der Waals surface area contributed by atoms with Crippen LogP contribution in [0.25, 0.3) is 6.08 Å². The van der Waals surface area contributed by atoms with Crippen molar-refractivity contribution in [1.82, 2.24) is 0 Å². The van der Waals surface area contributed by atoms with Gasteiger partial charge in [0.05, 0.1) is 20.1 Å². The maximum atomic E-state index is 10.9. The molecule has 0 saturated heterocycles. The standard InChI is InChI=1S/C14H18O3/c1-3-10-17-13-8-4-6-12(11-13)7-5-9-14(15)16-2/h4-8,11H,3,9-10H2,1-2H3. The van der Waals surface area contributed by atoms with Gasteiger partial charge < -0.3 is 9.47 Å². The van der Waals surface area contributed by atoms with Crippen LogP contribution >= 0.6 is 0 Å². The molecule has 17 heavy (non-hydrogen) atoms. The molecule has 0 heterocycles. The number of carbonyl (C=O) groups is 1. The van der Waals surface area contributed by atoms with E-state index in [-0.39, 0.29) is 12.4 Å². The number of carbonyl (C=O) groups excluding carboxylic acids is 1. The summed E-state index contributed by atoms with van der Waals surface area (Å²) in [6.45, 7) is 2.79. The lowest BCUT2D eigenvalue weighted by molar-refractivity contribution is -0.139. The van der Waals surface area contributed by atoms with Crippen molar-refractivity contribution in [3.63, 3.8) is 0 Å². The minimum absolute atomic E-state index is 0.236. The predicted molar refractivity (Wildman–Crippen MR) is 67.9 cm³/mol. The highest BCUT2D eigenvalue weighted by molar-refractivity contribution is 5.72. The Kier molecular flexibility index (Phi) is 5.86. The van der Waals surface area contributed by atoms with Crippen LogP contribution in [0.2, 0.25) is 0 Å². The molecule has 0 bridgehead atoms. The van der Waals surface area contributed by atoms with Gasteiger partial charge in [0, 0.05) is 0 Å². The summed E-state index contributed by atoms with van der Waals surface area (Å²) in [6.07, 6.45) is 4.94. The van der Waals surface area contributed by atoms with Crippen LogP contribution in [0.4, 0.5) is 0 Å². The van der Waals surface area contributed by atoms with Crippen molar-refractivity contribution in [2.75, 3.05) is 13.7 Å². The molecule has 0 radical (unpaired) electrons. The Morgan fingerprint density at radius 3 is 2.94 bits per heavy atom. The van der Waals surface area contributed by atoms with Crippen molar-refractivity contribution in [3.8, 4) is 5.75 Å². The molecule has 0 unspecified atom stereocenters. The Bertz CT molecular complexity index is 383. The summed E-state index contributed by atoms with van der Waals surface area (Å²) in [5, 5.41) is 0. The van der Waals surface area contributed by atoms with Crippen LogP contribution in [-0.2, 0) is 9.53 Å². The number of hydrogen-bond acceptors (Lipinski definition) is 3. The van der Waals surface area contributed by atoms with E-state index in [0.717, 1.165) is 24.3 Å². The van der Waals surface area contributed by atoms with Crippen LogP contribution in [0.15, 0.2) is 30.3 Å². The zero-order valence-corrected chi connectivity index (χ0v) is 10.3. The molecule has 0 aliphatic carbocycles. The Hall–Kier alpha value is -1.77. The highest BCUT2D eigenvalue weighted by atomic mass is 16.5. The van der Waals surface area contributed by atoms with Crippen molar-refractivity contribution in [2.24, 2.45) is 0 Å². The fourth-order valence-corrected chi connectivity index (χ4v) is 1.30. The molecule has 0 spiro atoms. The average molecular weight is 234 g/mol. The van der Waals surface area contributed by atoms with Crippen molar-refractivity contribution in [3.05, 3.63) is 35.9 Å². The minimum atomic E-state index is -0.236. The molecule has 0 aromatic heterocycles. The van der Waals surface area contributed by atoms with E-state index in [9.17, 15) is 4.79 Å². The summed E-state index contributed by atoms with van der Waals surface area (Å²) in [5.41, 5.74) is 1.02. The summed E-state index contributed by atoms with van der Waals surface area (Å²) >= 11 is 0. The van der Waals surface area contributed by atoms with E-state index in [1.807, 2.05) is 30.3 Å². The van der Waals surface area contributed by atoms with Crippen LogP contribution < -0.4 is 4.74 Å². The third kappa shape index (κ3) is 5.20. The Morgan fingerprint density at radius 1 is 1.41 bits per heavy atom. The molecule has 0 fully saturated rings. The number of esters is 1. The van der Waals surface area contributed by atoms with E-state index in [1.54, 1.807) is 6.08 Å². The third-order valence-corrected chi connectivity index (χ3v) is 2.15. The summed E-state index contributed by atoms with van der Waals surface area (Å²) in [7, 11) is 1.38. The first kappa shape index (κ1) is 13.3. The summed E-state index contributed by atoms with van der Waals surface area (Å²) in [4.78, 5) is 10.9. The van der Waals surface area contributed by atoms with Gasteiger partial charge >= 0.3 is 5.97 Å². The molecule has 0 aliphatic rings. The largest absolute Gasteiger partial charge is 0.494 e. The Morgan fingerprint density at radius 2 is 2.24 bits per heavy atom. The van der Waals surface area contributed by atoms with E-state index in [1.165, 1.54) is 7.11 Å². The maximum absolute atomic E-state index is 10.9. The second kappa shape index (κ2) is 7.49. The van der Waals surface area contributed by atoms with Crippen molar-refractivity contribution in [1.29, 1.82) is 0 Å². The van der Waals surface area contributed by atoms with Gasteiger partial charge in [-0.2, -0.15) is 0 Å². The molecule has 0 atom stereocenters. The first-order valence-electron chi connectivity index (χ1n) is 5.72. The van der Waals surface area contributed by atoms with Gasteiger partial charge in [0.1, 0.15) is 5.75 Å². The van der Waals surface area contributed by atoms with Crippen LogP contribution in [0.3, 0.4) is 0 Å². The average Bonchev–Trinajstić information content (AvgIpc) is 2.36. The molecule has 0 saturated carbocycles. The smallest absolute Gasteiger partial charge is 0.309 e. The fourth-order valence-electron chi connectivity index (χ4n) is 1.30. The first-order valence-corrected chi connectivity index (χ1v) is 5.72. The molecule has 92 valence electrons. The van der Waals surface area contributed by atoms with Crippen LogP contribution in [0.5, 0.6) is 5.75 Å². The van der Waals surface area contributed by atoms with Gasteiger partial charge in [-0.15, -0.1) is 0 Å². The SMILES string of the molecule is CCCOc1cccc(C=CCC(=O)OC)c1. The molecule has 1 aromatic rings. The van der Waals surface area contributed by atoms with E-state index in [4.69, 9.17) is 4.74 Å². The van der Waals surface area contributed by atoms with Gasteiger partial charge in [-0.3, -0.25) is 4.79 Å². The number of hydrogen-bond donors (Lipinski definition) is 0. The summed E-state index contributed by atoms with van der Waals surface area (Å²) < 4.78 is 10.1. The molecule has 3 heteroatoms. The number of benzene rings is 1. The molecule has 3 nitrogen and oxygen atoms in total. The fraction of sp³-hybridized carbons (Fsp3) is 0.357. The van der Waals surface area contributed by atoms with Crippen molar-refractivity contribution >= 4 is 12.0 Å². The van der Waals surface area contributed by atoms with Crippen molar-refractivity contribution in [2.45, 2.75) is 19.8 Å². The lowest BCUT2D eigenvalue weighted by atomic mass is 10.2. The second-order valence-corrected chi connectivity index (χ2v) is 3.60. The van der Waals surface area contributed by atoms with Crippen LogP contribution in [0, 0.1) is 0 Å². The molecular weight excluding hydrogens is 216 g/mol. The third-order valence-electron chi connectivity index (χ3n) is 2.15. The van der Waals surface area contributed by atoms with Gasteiger partial charge in [0.2, 0.25) is 0 Å². The normalized spacial score (nSPS) is 10.5. The Labute approximate surface area is 102 Å². The number of methoxy groups -OCH3 is 1. The van der Waals surface area contributed by atoms with Gasteiger partial charge in [-0.05, 0) is 24.1 Å². The van der Waals surface area contributed by atoms with Gasteiger partial charge in [-0.1, -0.05) is 31.2 Å². The molecule has 1 rings (SSSR count). The summed E-state index contributed by atoms with van der Waals surface area (Å²) in [6, 6.07) is 7.77. The first-order chi connectivity index (χ1) is 8.26. The number of rotatable bonds is 6. The lowest BCUT2D eigenvalue weighted by Gasteiger charge is -2.04. The molecule has 0 N–H and O–H groups in total. The molecular formula is C14H18O3. The van der Waals surface area contributed by atoms with E-state index >= 15 is 0 Å². The van der Waals surface area contributed by atoms with Crippen molar-refractivity contribution < 1.29 is 14.3 Å². The molecule has 1 aromatic carbocycles. The van der Waals surface area contributed by atoms with Crippen LogP contribution in [0.1, 0.15) is 25.3 Å². The van der Waals surface area contributed by atoms with Crippen LogP contribution in [-0.4, -0.2) is 19.7 Å². The quantitative estimate of drug-likeness (QED) is 0.710. The monoisotopic (exact) mass is 234 g/mol. The topological polar surface area (TPSA) is 35.5 Å². The zero-order chi connectivity index (χ0) is 12.5. The number of ether oxygens (including phenoxy) is 2. The van der Waals surface area contributed by atoms with Gasteiger partial charge in [-0.25, -0.2) is 0 Å². The zero-order valence-electron chi connectivity index (χ0n) is 10.3. The van der Waals surface area contributed by atoms with E-state index < -0.39 is 0 Å². The molecule has 0 amide bonds. The minimum Gasteiger partial charge on any atom is -0.494 e.